The maximum atomic E-state index is 9.81. The monoisotopic (exact) mass is 217 g/mol. The maximum absolute atomic E-state index is 9.81. The molecule has 86 valence electrons. The molecule has 3 atom stereocenters. The smallest absolute Gasteiger partial charge is 0.0781 e. The summed E-state index contributed by atoms with van der Waals surface area (Å²) in [7, 11) is 0. The molecular weight excluding hydrogens is 198 g/mol. The molecule has 2 aliphatic rings. The van der Waals surface area contributed by atoms with Crippen LogP contribution in [0.5, 0.6) is 0 Å². The summed E-state index contributed by atoms with van der Waals surface area (Å²) in [6, 6.07) is 9.02. The molecule has 2 bridgehead atoms. The molecule has 16 heavy (non-hydrogen) atoms. The van der Waals surface area contributed by atoms with E-state index in [9.17, 15) is 5.11 Å². The van der Waals surface area contributed by atoms with Gasteiger partial charge in [0.15, 0.2) is 0 Å². The van der Waals surface area contributed by atoms with Crippen LogP contribution in [-0.4, -0.2) is 17.7 Å². The number of benzene rings is 1. The van der Waals surface area contributed by atoms with Gasteiger partial charge in [-0.25, -0.2) is 0 Å². The van der Waals surface area contributed by atoms with Crippen LogP contribution in [-0.2, 0) is 0 Å². The second kappa shape index (κ2) is 3.77. The first-order valence-electron chi connectivity index (χ1n) is 6.29. The van der Waals surface area contributed by atoms with E-state index in [0.29, 0.717) is 0 Å². The van der Waals surface area contributed by atoms with E-state index >= 15 is 0 Å². The average Bonchev–Trinajstić information content (AvgIpc) is 2.90. The van der Waals surface area contributed by atoms with Gasteiger partial charge in [0.05, 0.1) is 6.10 Å². The van der Waals surface area contributed by atoms with Crippen LogP contribution < -0.4 is 4.90 Å². The second-order valence-electron chi connectivity index (χ2n) is 5.22. The van der Waals surface area contributed by atoms with E-state index in [1.165, 1.54) is 31.5 Å². The third-order valence-corrected chi connectivity index (χ3v) is 4.11. The second-order valence-corrected chi connectivity index (χ2v) is 5.22. The Hall–Kier alpha value is -1.02. The fourth-order valence-electron chi connectivity index (χ4n) is 3.32. The highest BCUT2D eigenvalue weighted by molar-refractivity contribution is 5.56. The minimum atomic E-state index is -0.365. The summed E-state index contributed by atoms with van der Waals surface area (Å²) in [4.78, 5) is 2.51. The molecule has 1 N–H and O–H groups in total. The summed E-state index contributed by atoms with van der Waals surface area (Å²) >= 11 is 0. The molecule has 1 saturated heterocycles. The van der Waals surface area contributed by atoms with Crippen LogP contribution >= 0.6 is 0 Å². The van der Waals surface area contributed by atoms with Crippen molar-refractivity contribution in [3.05, 3.63) is 29.8 Å². The number of aliphatic hydroxyl groups is 1. The highest BCUT2D eigenvalue weighted by atomic mass is 16.3. The molecule has 1 heterocycles. The summed E-state index contributed by atoms with van der Waals surface area (Å²) in [6.45, 7) is 3.04. The third kappa shape index (κ3) is 1.52. The Morgan fingerprint density at radius 3 is 2.75 bits per heavy atom. The summed E-state index contributed by atoms with van der Waals surface area (Å²) in [5.74, 6) is 0.895. The van der Waals surface area contributed by atoms with Gasteiger partial charge in [-0.3, -0.25) is 0 Å². The molecule has 2 fully saturated rings. The lowest BCUT2D eigenvalue weighted by atomic mass is 10.0. The predicted molar refractivity (Wildman–Crippen MR) is 65.6 cm³/mol. The average molecular weight is 217 g/mol. The van der Waals surface area contributed by atoms with Gasteiger partial charge < -0.3 is 10.0 Å². The number of rotatable bonds is 2. The fourth-order valence-corrected chi connectivity index (χ4v) is 3.32. The van der Waals surface area contributed by atoms with E-state index in [2.05, 4.69) is 17.0 Å². The van der Waals surface area contributed by atoms with Crippen LogP contribution in [0.15, 0.2) is 24.3 Å². The number of hydrogen-bond donors (Lipinski definition) is 1. The Kier molecular flexibility index (Phi) is 2.40. The fraction of sp³-hybridized carbons (Fsp3) is 0.571. The van der Waals surface area contributed by atoms with E-state index < -0.39 is 0 Å². The van der Waals surface area contributed by atoms with Crippen LogP contribution in [0.4, 0.5) is 5.69 Å². The lowest BCUT2D eigenvalue weighted by Gasteiger charge is -2.31. The molecule has 0 aromatic heterocycles. The summed E-state index contributed by atoms with van der Waals surface area (Å²) < 4.78 is 0. The Balaban J connectivity index is 1.94. The number of fused-ring (bicyclic) bond motifs is 2. The summed E-state index contributed by atoms with van der Waals surface area (Å²) in [6.07, 6.45) is 3.72. The lowest BCUT2D eigenvalue weighted by Crippen LogP contribution is -2.32. The molecule has 0 amide bonds. The van der Waals surface area contributed by atoms with Crippen molar-refractivity contribution in [2.24, 2.45) is 5.92 Å². The van der Waals surface area contributed by atoms with Crippen LogP contribution in [0.25, 0.3) is 0 Å². The van der Waals surface area contributed by atoms with Crippen LogP contribution in [0.1, 0.15) is 37.9 Å². The zero-order valence-corrected chi connectivity index (χ0v) is 9.76. The molecule has 3 rings (SSSR count). The van der Waals surface area contributed by atoms with Crippen molar-refractivity contribution in [2.75, 3.05) is 11.4 Å². The summed E-state index contributed by atoms with van der Waals surface area (Å²) in [5, 5.41) is 9.81. The lowest BCUT2D eigenvalue weighted by molar-refractivity contribution is 0.199. The molecule has 2 heteroatoms. The van der Waals surface area contributed by atoms with Crippen LogP contribution in [0.3, 0.4) is 0 Å². The van der Waals surface area contributed by atoms with Gasteiger partial charge in [-0.05, 0) is 38.2 Å². The molecule has 1 aliphatic carbocycles. The number of anilines is 1. The first kappa shape index (κ1) is 10.2. The number of aliphatic hydroxyl groups excluding tert-OH is 1. The van der Waals surface area contributed by atoms with Crippen molar-refractivity contribution >= 4 is 5.69 Å². The maximum Gasteiger partial charge on any atom is 0.0781 e. The van der Waals surface area contributed by atoms with Gasteiger partial charge in [-0.1, -0.05) is 18.2 Å². The number of para-hydroxylation sites is 1. The number of piperidine rings is 1. The Bertz CT molecular complexity index is 388. The largest absolute Gasteiger partial charge is 0.389 e. The first-order chi connectivity index (χ1) is 7.75. The van der Waals surface area contributed by atoms with Crippen molar-refractivity contribution in [3.8, 4) is 0 Å². The summed E-state index contributed by atoms with van der Waals surface area (Å²) in [5.41, 5.74) is 2.33. The molecule has 0 radical (unpaired) electrons. The zero-order valence-electron chi connectivity index (χ0n) is 9.76. The van der Waals surface area contributed by atoms with Crippen molar-refractivity contribution < 1.29 is 5.11 Å². The van der Waals surface area contributed by atoms with E-state index in [0.717, 1.165) is 17.5 Å². The van der Waals surface area contributed by atoms with E-state index in [4.69, 9.17) is 0 Å². The Morgan fingerprint density at radius 2 is 2.12 bits per heavy atom. The standard InChI is InChI=1S/C14H19NO/c1-10(16)13-4-2-3-5-14(13)15-9-11-6-7-12(15)8-11/h2-5,10-12,16H,6-9H2,1H3. The Morgan fingerprint density at radius 1 is 1.31 bits per heavy atom. The predicted octanol–water partition coefficient (Wildman–Crippen LogP) is 2.73. The zero-order chi connectivity index (χ0) is 11.1. The van der Waals surface area contributed by atoms with Gasteiger partial charge in [0.1, 0.15) is 0 Å². The van der Waals surface area contributed by atoms with Crippen LogP contribution in [0.2, 0.25) is 0 Å². The highest BCUT2D eigenvalue weighted by Crippen LogP contribution is 2.42. The van der Waals surface area contributed by atoms with Crippen LogP contribution in [0, 0.1) is 5.92 Å². The van der Waals surface area contributed by atoms with Gasteiger partial charge in [-0.15, -0.1) is 0 Å². The van der Waals surface area contributed by atoms with Gasteiger partial charge in [-0.2, -0.15) is 0 Å². The first-order valence-corrected chi connectivity index (χ1v) is 6.29. The highest BCUT2D eigenvalue weighted by Gasteiger charge is 2.38. The molecule has 1 aromatic carbocycles. The molecular formula is C14H19NO. The minimum Gasteiger partial charge on any atom is -0.389 e. The molecule has 1 aromatic rings. The van der Waals surface area contributed by atoms with Gasteiger partial charge >= 0.3 is 0 Å². The van der Waals surface area contributed by atoms with Gasteiger partial charge in [0.2, 0.25) is 0 Å². The number of nitrogens with zero attached hydrogens (tertiary/aromatic N) is 1. The molecule has 2 nitrogen and oxygen atoms in total. The molecule has 1 aliphatic heterocycles. The molecule has 3 unspecified atom stereocenters. The third-order valence-electron chi connectivity index (χ3n) is 4.11. The van der Waals surface area contributed by atoms with E-state index in [1.807, 2.05) is 19.1 Å². The van der Waals surface area contributed by atoms with Crippen molar-refractivity contribution in [1.29, 1.82) is 0 Å². The SMILES string of the molecule is CC(O)c1ccccc1N1CC2CCC1C2. The van der Waals surface area contributed by atoms with Gasteiger partial charge in [0, 0.05) is 23.8 Å². The van der Waals surface area contributed by atoms with E-state index in [1.54, 1.807) is 0 Å². The van der Waals surface area contributed by atoms with Gasteiger partial charge in [0.25, 0.3) is 0 Å². The molecule has 0 spiro atoms. The molecule has 1 saturated carbocycles. The Labute approximate surface area is 96.9 Å². The number of hydrogen-bond acceptors (Lipinski definition) is 2. The van der Waals surface area contributed by atoms with Crippen molar-refractivity contribution in [1.82, 2.24) is 0 Å². The van der Waals surface area contributed by atoms with E-state index in [-0.39, 0.29) is 6.10 Å². The normalized spacial score (nSPS) is 29.8. The topological polar surface area (TPSA) is 23.5 Å². The van der Waals surface area contributed by atoms with Crippen molar-refractivity contribution in [2.45, 2.75) is 38.3 Å². The van der Waals surface area contributed by atoms with Crippen molar-refractivity contribution in [3.63, 3.8) is 0 Å². The minimum absolute atomic E-state index is 0.365. The quantitative estimate of drug-likeness (QED) is 0.823.